The molecule has 2 amide bonds. The Bertz CT molecular complexity index is 958. The van der Waals surface area contributed by atoms with Crippen molar-refractivity contribution in [2.45, 2.75) is 32.9 Å². The number of halogens is 1. The Morgan fingerprint density at radius 3 is 2.42 bits per heavy atom. The Morgan fingerprint density at radius 1 is 1.12 bits per heavy atom. The molecule has 2 aromatic rings. The van der Waals surface area contributed by atoms with E-state index >= 15 is 0 Å². The average molecular weight is 427 g/mol. The van der Waals surface area contributed by atoms with Crippen LogP contribution < -0.4 is 21.8 Å². The topological polar surface area (TPSA) is 133 Å². The fraction of sp³-hybridized carbons (Fsp3) is 0.375. The van der Waals surface area contributed by atoms with E-state index in [4.69, 9.17) is 4.74 Å². The van der Waals surface area contributed by atoms with E-state index in [-0.39, 0.29) is 13.1 Å². The van der Waals surface area contributed by atoms with Gasteiger partial charge in [-0.05, 0) is 38.5 Å². The lowest BCUT2D eigenvalue weighted by Gasteiger charge is -2.19. The number of hydrogen-bond donors (Lipinski definition) is 4. The van der Waals surface area contributed by atoms with Crippen LogP contribution in [0.3, 0.4) is 0 Å². The summed E-state index contributed by atoms with van der Waals surface area (Å²) >= 11 is 3.31. The van der Waals surface area contributed by atoms with E-state index in [1.54, 1.807) is 32.9 Å². The first-order valence-corrected chi connectivity index (χ1v) is 8.53. The van der Waals surface area contributed by atoms with Gasteiger partial charge in [0.2, 0.25) is 5.91 Å². The lowest BCUT2D eigenvalue weighted by Crippen LogP contribution is -2.39. The van der Waals surface area contributed by atoms with Crippen molar-refractivity contribution in [1.29, 1.82) is 0 Å². The molecule has 0 aliphatic rings. The van der Waals surface area contributed by atoms with Gasteiger partial charge >= 0.3 is 17.2 Å². The largest absolute Gasteiger partial charge is 0.444 e. The molecule has 10 heteroatoms. The minimum Gasteiger partial charge on any atom is -0.444 e. The Hall–Kier alpha value is -2.62. The van der Waals surface area contributed by atoms with E-state index in [0.29, 0.717) is 21.1 Å². The lowest BCUT2D eigenvalue weighted by molar-refractivity contribution is -0.120. The van der Waals surface area contributed by atoms with Crippen LogP contribution in [0.25, 0.3) is 11.0 Å². The molecule has 26 heavy (non-hydrogen) atoms. The molecule has 0 aliphatic heterocycles. The second kappa shape index (κ2) is 7.73. The summed E-state index contributed by atoms with van der Waals surface area (Å²) in [5.74, 6) is -0.434. The number of rotatable bonds is 4. The molecule has 0 aliphatic carbocycles. The van der Waals surface area contributed by atoms with Crippen molar-refractivity contribution in [1.82, 2.24) is 20.6 Å². The number of nitrogens with one attached hydrogen (secondary N) is 4. The van der Waals surface area contributed by atoms with Gasteiger partial charge in [0.1, 0.15) is 12.1 Å². The normalized spacial score (nSPS) is 11.2. The summed E-state index contributed by atoms with van der Waals surface area (Å²) in [7, 11) is 0. The van der Waals surface area contributed by atoms with Crippen molar-refractivity contribution < 1.29 is 14.3 Å². The summed E-state index contributed by atoms with van der Waals surface area (Å²) in [6, 6.07) is 3.35. The quantitative estimate of drug-likeness (QED) is 0.543. The van der Waals surface area contributed by atoms with Crippen LogP contribution in [-0.2, 0) is 16.1 Å². The summed E-state index contributed by atoms with van der Waals surface area (Å²) < 4.78 is 5.71. The van der Waals surface area contributed by atoms with Crippen LogP contribution in [0.15, 0.2) is 26.2 Å². The highest BCUT2D eigenvalue weighted by molar-refractivity contribution is 9.10. The molecule has 4 N–H and O–H groups in total. The number of carbonyl (C=O) groups excluding carboxylic acids is 2. The molecule has 0 atom stereocenters. The minimum atomic E-state index is -0.779. The third-order valence-electron chi connectivity index (χ3n) is 3.15. The van der Waals surface area contributed by atoms with Gasteiger partial charge in [-0.1, -0.05) is 15.9 Å². The summed E-state index contributed by atoms with van der Waals surface area (Å²) in [4.78, 5) is 51.4. The smallest absolute Gasteiger partial charge is 0.408 e. The number of alkyl carbamates (subject to hydrolysis) is 1. The molecule has 140 valence electrons. The van der Waals surface area contributed by atoms with Crippen LogP contribution in [-0.4, -0.2) is 34.1 Å². The highest BCUT2D eigenvalue weighted by atomic mass is 79.9. The number of benzene rings is 1. The van der Waals surface area contributed by atoms with E-state index in [0.717, 1.165) is 0 Å². The summed E-state index contributed by atoms with van der Waals surface area (Å²) in [6.07, 6.45) is -0.692. The second-order valence-electron chi connectivity index (χ2n) is 6.53. The van der Waals surface area contributed by atoms with E-state index in [2.05, 4.69) is 36.5 Å². The van der Waals surface area contributed by atoms with Crippen LogP contribution in [0.5, 0.6) is 0 Å². The van der Waals surface area contributed by atoms with Crippen molar-refractivity contribution in [3.8, 4) is 0 Å². The predicted octanol–water partition coefficient (Wildman–Crippen LogP) is 1.12. The monoisotopic (exact) mass is 426 g/mol. The Labute approximate surface area is 156 Å². The van der Waals surface area contributed by atoms with Gasteiger partial charge < -0.3 is 25.3 Å². The van der Waals surface area contributed by atoms with Gasteiger partial charge in [0.25, 0.3) is 0 Å². The fourth-order valence-corrected chi connectivity index (χ4v) is 2.63. The molecule has 0 radical (unpaired) electrons. The summed E-state index contributed by atoms with van der Waals surface area (Å²) in [5, 5.41) is 4.98. The first kappa shape index (κ1) is 19.7. The molecule has 1 aromatic heterocycles. The highest BCUT2D eigenvalue weighted by Crippen LogP contribution is 2.20. The molecule has 9 nitrogen and oxygen atoms in total. The van der Waals surface area contributed by atoms with Gasteiger partial charge in [0.15, 0.2) is 0 Å². The van der Waals surface area contributed by atoms with Crippen molar-refractivity contribution >= 4 is 39.0 Å². The third kappa shape index (κ3) is 5.45. The minimum absolute atomic E-state index is 0.0900. The van der Waals surface area contributed by atoms with Crippen molar-refractivity contribution in [3.05, 3.63) is 42.9 Å². The van der Waals surface area contributed by atoms with Gasteiger partial charge in [-0.2, -0.15) is 0 Å². The first-order chi connectivity index (χ1) is 12.0. The number of amides is 2. The number of aromatic nitrogens is 2. The van der Waals surface area contributed by atoms with Crippen LogP contribution in [0.4, 0.5) is 4.79 Å². The summed E-state index contributed by atoms with van der Waals surface area (Å²) in [6.45, 7) is 4.99. The third-order valence-corrected chi connectivity index (χ3v) is 3.60. The zero-order chi connectivity index (χ0) is 19.5. The number of ether oxygens (including phenoxy) is 1. The van der Waals surface area contributed by atoms with E-state index < -0.39 is 28.7 Å². The molecule has 0 fully saturated rings. The van der Waals surface area contributed by atoms with E-state index in [1.165, 1.54) is 0 Å². The molecular weight excluding hydrogens is 408 g/mol. The van der Waals surface area contributed by atoms with E-state index in [1.807, 2.05) is 0 Å². The number of carbonyl (C=O) groups is 2. The summed E-state index contributed by atoms with van der Waals surface area (Å²) in [5.41, 5.74) is -0.753. The number of aromatic amines is 2. The molecule has 0 saturated carbocycles. The Morgan fingerprint density at radius 2 is 1.77 bits per heavy atom. The average Bonchev–Trinajstić information content (AvgIpc) is 2.50. The van der Waals surface area contributed by atoms with Crippen LogP contribution in [0.2, 0.25) is 0 Å². The highest BCUT2D eigenvalue weighted by Gasteiger charge is 2.16. The molecular formula is C16H19BrN4O5. The number of fused-ring (bicyclic) bond motifs is 1. The zero-order valence-electron chi connectivity index (χ0n) is 14.5. The number of H-pyrrole nitrogens is 2. The van der Waals surface area contributed by atoms with Crippen LogP contribution in [0, 0.1) is 0 Å². The van der Waals surface area contributed by atoms with Gasteiger partial charge in [0.05, 0.1) is 11.0 Å². The molecule has 0 saturated heterocycles. The van der Waals surface area contributed by atoms with Crippen molar-refractivity contribution in [3.63, 3.8) is 0 Å². The van der Waals surface area contributed by atoms with Crippen LogP contribution >= 0.6 is 15.9 Å². The molecule has 0 bridgehead atoms. The van der Waals surface area contributed by atoms with Gasteiger partial charge in [0, 0.05) is 11.0 Å². The standard InChI is InChI=1S/C16H19BrN4O5/c1-16(2,3)26-15(25)19-7-11(22)18-6-8-4-9(17)5-10-12(8)21-14(24)13(23)20-10/h4-5H,6-7H2,1-3H3,(H,18,22)(H,19,25)(H,20,23)(H,21,24). The van der Waals surface area contributed by atoms with Crippen molar-refractivity contribution in [2.24, 2.45) is 0 Å². The van der Waals surface area contributed by atoms with E-state index in [9.17, 15) is 19.2 Å². The predicted molar refractivity (Wildman–Crippen MR) is 99.0 cm³/mol. The zero-order valence-corrected chi connectivity index (χ0v) is 16.1. The van der Waals surface area contributed by atoms with Crippen LogP contribution in [0.1, 0.15) is 26.3 Å². The molecule has 0 spiro atoms. The van der Waals surface area contributed by atoms with Crippen molar-refractivity contribution in [2.75, 3.05) is 6.54 Å². The van der Waals surface area contributed by atoms with Gasteiger partial charge in [-0.15, -0.1) is 0 Å². The Balaban J connectivity index is 2.04. The second-order valence-corrected chi connectivity index (χ2v) is 7.44. The maximum atomic E-state index is 11.9. The Kier molecular flexibility index (Phi) is 5.86. The maximum Gasteiger partial charge on any atom is 0.408 e. The molecule has 1 heterocycles. The van der Waals surface area contributed by atoms with Gasteiger partial charge in [-0.3, -0.25) is 14.4 Å². The maximum absolute atomic E-state index is 11.9. The lowest BCUT2D eigenvalue weighted by atomic mass is 10.1. The number of hydrogen-bond acceptors (Lipinski definition) is 5. The molecule has 0 unspecified atom stereocenters. The fourth-order valence-electron chi connectivity index (χ4n) is 2.12. The first-order valence-electron chi connectivity index (χ1n) is 7.73. The molecule has 2 rings (SSSR count). The SMILES string of the molecule is CC(C)(C)OC(=O)NCC(=O)NCc1cc(Br)cc2[nH]c(=O)c(=O)[nH]c12. The molecule has 1 aromatic carbocycles. The van der Waals surface area contributed by atoms with Gasteiger partial charge in [-0.25, -0.2) is 4.79 Å².